The van der Waals surface area contributed by atoms with Gasteiger partial charge in [0.1, 0.15) is 11.5 Å². The Morgan fingerprint density at radius 2 is 2.19 bits per heavy atom. The Labute approximate surface area is 123 Å². The van der Waals surface area contributed by atoms with Gasteiger partial charge in [0.15, 0.2) is 11.5 Å². The zero-order chi connectivity index (χ0) is 15.2. The van der Waals surface area contributed by atoms with E-state index in [0.717, 1.165) is 5.56 Å². The average molecular weight is 289 g/mol. The molecule has 1 aromatic heterocycles. The predicted molar refractivity (Wildman–Crippen MR) is 78.7 cm³/mol. The summed E-state index contributed by atoms with van der Waals surface area (Å²) in [6, 6.07) is 5.58. The first-order chi connectivity index (χ1) is 10.1. The molecule has 1 aromatic carbocycles. The number of amides is 1. The minimum atomic E-state index is -0.191. The molecule has 6 nitrogen and oxygen atoms in total. The summed E-state index contributed by atoms with van der Waals surface area (Å²) >= 11 is 0. The molecule has 0 aliphatic carbocycles. The second-order valence-electron chi connectivity index (χ2n) is 4.48. The molecule has 0 atom stereocenters. The van der Waals surface area contributed by atoms with Crippen molar-refractivity contribution in [1.82, 2.24) is 15.3 Å². The minimum Gasteiger partial charge on any atom is -0.493 e. The molecule has 2 N–H and O–H groups in total. The maximum Gasteiger partial charge on any atom is 0.269 e. The summed E-state index contributed by atoms with van der Waals surface area (Å²) in [5, 5.41) is 2.82. The molecule has 0 fully saturated rings. The Balaban J connectivity index is 2.01. The molecular weight excluding hydrogens is 270 g/mol. The molecule has 0 saturated carbocycles. The van der Waals surface area contributed by atoms with E-state index in [1.165, 1.54) is 6.20 Å². The van der Waals surface area contributed by atoms with Crippen LogP contribution >= 0.6 is 0 Å². The number of methoxy groups -OCH3 is 1. The first kappa shape index (κ1) is 14.9. The van der Waals surface area contributed by atoms with E-state index in [2.05, 4.69) is 15.3 Å². The van der Waals surface area contributed by atoms with Crippen LogP contribution in [0.4, 0.5) is 0 Å². The molecule has 0 radical (unpaired) electrons. The molecule has 0 saturated heterocycles. The van der Waals surface area contributed by atoms with Gasteiger partial charge in [-0.15, -0.1) is 0 Å². The van der Waals surface area contributed by atoms with Gasteiger partial charge in [-0.1, -0.05) is 6.07 Å². The average Bonchev–Trinajstić information content (AvgIpc) is 2.92. The van der Waals surface area contributed by atoms with Crippen LogP contribution in [0, 0.1) is 6.92 Å². The van der Waals surface area contributed by atoms with Gasteiger partial charge >= 0.3 is 0 Å². The minimum absolute atomic E-state index is 0.191. The molecule has 0 aliphatic rings. The van der Waals surface area contributed by atoms with Crippen molar-refractivity contribution in [2.24, 2.45) is 0 Å². The summed E-state index contributed by atoms with van der Waals surface area (Å²) in [4.78, 5) is 18.8. The quantitative estimate of drug-likeness (QED) is 0.853. The number of hydrogen-bond acceptors (Lipinski definition) is 4. The summed E-state index contributed by atoms with van der Waals surface area (Å²) < 4.78 is 10.7. The van der Waals surface area contributed by atoms with E-state index < -0.39 is 0 Å². The molecule has 2 aromatic rings. The number of H-pyrrole nitrogens is 1. The predicted octanol–water partition coefficient (Wildman–Crippen LogP) is 2.06. The number of rotatable bonds is 6. The van der Waals surface area contributed by atoms with Crippen molar-refractivity contribution in [2.75, 3.05) is 13.7 Å². The number of nitrogens with zero attached hydrogens (tertiary/aromatic N) is 1. The summed E-state index contributed by atoms with van der Waals surface area (Å²) in [7, 11) is 1.59. The highest BCUT2D eigenvalue weighted by Crippen LogP contribution is 2.27. The Bertz CT molecular complexity index is 622. The van der Waals surface area contributed by atoms with Crippen LogP contribution in [0.2, 0.25) is 0 Å². The van der Waals surface area contributed by atoms with Crippen LogP contribution in [0.25, 0.3) is 0 Å². The van der Waals surface area contributed by atoms with Crippen molar-refractivity contribution in [3.8, 4) is 11.5 Å². The first-order valence-corrected chi connectivity index (χ1v) is 6.73. The first-order valence-electron chi connectivity index (χ1n) is 6.73. The second-order valence-corrected chi connectivity index (χ2v) is 4.48. The Hall–Kier alpha value is -2.50. The Morgan fingerprint density at radius 1 is 1.38 bits per heavy atom. The van der Waals surface area contributed by atoms with Gasteiger partial charge in [-0.25, -0.2) is 4.98 Å². The molecule has 0 aliphatic heterocycles. The van der Waals surface area contributed by atoms with E-state index in [1.54, 1.807) is 14.0 Å². The maximum atomic E-state index is 11.9. The van der Waals surface area contributed by atoms with E-state index in [-0.39, 0.29) is 5.91 Å². The molecule has 112 valence electrons. The van der Waals surface area contributed by atoms with Gasteiger partial charge in [-0.3, -0.25) is 4.79 Å². The SMILES string of the molecule is CCOc1ccc(CNC(=O)c2cnc(C)[nH]2)cc1OC. The number of carbonyl (C=O) groups is 1. The fraction of sp³-hybridized carbons (Fsp3) is 0.333. The number of aromatic amines is 1. The van der Waals surface area contributed by atoms with Crippen molar-refractivity contribution < 1.29 is 14.3 Å². The normalized spacial score (nSPS) is 10.2. The molecular formula is C15H19N3O3. The van der Waals surface area contributed by atoms with Crippen molar-refractivity contribution in [3.63, 3.8) is 0 Å². The molecule has 6 heteroatoms. The lowest BCUT2D eigenvalue weighted by atomic mass is 10.2. The van der Waals surface area contributed by atoms with Gasteiger partial charge in [0, 0.05) is 6.54 Å². The van der Waals surface area contributed by atoms with Crippen LogP contribution in [0.1, 0.15) is 28.8 Å². The molecule has 21 heavy (non-hydrogen) atoms. The standard InChI is InChI=1S/C15H19N3O3/c1-4-21-13-6-5-11(7-14(13)20-3)8-17-15(19)12-9-16-10(2)18-12/h5-7,9H,4,8H2,1-3H3,(H,16,18)(H,17,19). The van der Waals surface area contributed by atoms with Crippen LogP contribution in [-0.4, -0.2) is 29.6 Å². The van der Waals surface area contributed by atoms with Crippen molar-refractivity contribution in [1.29, 1.82) is 0 Å². The Kier molecular flexibility index (Phi) is 4.81. The van der Waals surface area contributed by atoms with Crippen LogP contribution in [-0.2, 0) is 6.54 Å². The number of nitrogens with one attached hydrogen (secondary N) is 2. The lowest BCUT2D eigenvalue weighted by Gasteiger charge is -2.11. The maximum absolute atomic E-state index is 11.9. The highest BCUT2D eigenvalue weighted by Gasteiger charge is 2.09. The fourth-order valence-corrected chi connectivity index (χ4v) is 1.91. The molecule has 0 unspecified atom stereocenters. The van der Waals surface area contributed by atoms with Gasteiger partial charge in [-0.2, -0.15) is 0 Å². The van der Waals surface area contributed by atoms with E-state index in [9.17, 15) is 4.79 Å². The molecule has 1 heterocycles. The summed E-state index contributed by atoms with van der Waals surface area (Å²) in [6.07, 6.45) is 1.52. The number of carbonyl (C=O) groups excluding carboxylic acids is 1. The summed E-state index contributed by atoms with van der Waals surface area (Å²) in [5.41, 5.74) is 1.38. The van der Waals surface area contributed by atoms with E-state index in [1.807, 2.05) is 25.1 Å². The monoisotopic (exact) mass is 289 g/mol. The second kappa shape index (κ2) is 6.78. The fourth-order valence-electron chi connectivity index (χ4n) is 1.91. The van der Waals surface area contributed by atoms with Crippen molar-refractivity contribution in [2.45, 2.75) is 20.4 Å². The third-order valence-corrected chi connectivity index (χ3v) is 2.93. The van der Waals surface area contributed by atoms with Crippen LogP contribution < -0.4 is 14.8 Å². The summed E-state index contributed by atoms with van der Waals surface area (Å²) in [6.45, 7) is 4.69. The van der Waals surface area contributed by atoms with Gasteiger partial charge < -0.3 is 19.8 Å². The molecule has 1 amide bonds. The Morgan fingerprint density at radius 3 is 2.81 bits per heavy atom. The molecule has 0 spiro atoms. The van der Waals surface area contributed by atoms with Gasteiger partial charge in [-0.05, 0) is 31.5 Å². The van der Waals surface area contributed by atoms with E-state index in [0.29, 0.717) is 36.2 Å². The topological polar surface area (TPSA) is 76.2 Å². The number of aromatic nitrogens is 2. The largest absolute Gasteiger partial charge is 0.493 e. The van der Waals surface area contributed by atoms with Crippen LogP contribution in [0.15, 0.2) is 24.4 Å². The van der Waals surface area contributed by atoms with Gasteiger partial charge in [0.05, 0.1) is 19.9 Å². The highest BCUT2D eigenvalue weighted by molar-refractivity contribution is 5.92. The number of aryl methyl sites for hydroxylation is 1. The zero-order valence-electron chi connectivity index (χ0n) is 12.4. The van der Waals surface area contributed by atoms with Crippen molar-refractivity contribution in [3.05, 3.63) is 41.5 Å². The number of hydrogen-bond donors (Lipinski definition) is 2. The van der Waals surface area contributed by atoms with E-state index >= 15 is 0 Å². The van der Waals surface area contributed by atoms with Crippen LogP contribution in [0.5, 0.6) is 11.5 Å². The zero-order valence-corrected chi connectivity index (χ0v) is 12.4. The third-order valence-electron chi connectivity index (χ3n) is 2.93. The third kappa shape index (κ3) is 3.75. The van der Waals surface area contributed by atoms with Crippen LogP contribution in [0.3, 0.4) is 0 Å². The van der Waals surface area contributed by atoms with E-state index in [4.69, 9.17) is 9.47 Å². The van der Waals surface area contributed by atoms with Gasteiger partial charge in [0.2, 0.25) is 0 Å². The summed E-state index contributed by atoms with van der Waals surface area (Å²) in [5.74, 6) is 1.87. The van der Waals surface area contributed by atoms with Crippen molar-refractivity contribution >= 4 is 5.91 Å². The number of benzene rings is 1. The lowest BCUT2D eigenvalue weighted by molar-refractivity contribution is 0.0946. The number of ether oxygens (including phenoxy) is 2. The molecule has 0 bridgehead atoms. The smallest absolute Gasteiger partial charge is 0.269 e. The highest BCUT2D eigenvalue weighted by atomic mass is 16.5. The molecule has 2 rings (SSSR count). The number of imidazole rings is 1. The lowest BCUT2D eigenvalue weighted by Crippen LogP contribution is -2.23. The van der Waals surface area contributed by atoms with Gasteiger partial charge in [0.25, 0.3) is 5.91 Å².